The van der Waals surface area contributed by atoms with Gasteiger partial charge in [-0.15, -0.1) is 11.8 Å². The van der Waals surface area contributed by atoms with E-state index in [1.807, 2.05) is 13.8 Å². The summed E-state index contributed by atoms with van der Waals surface area (Å²) < 4.78 is 1.51. The SMILES string of the molecule is CSc1cn(C(C)C)c(=O)[nH]c1=O. The van der Waals surface area contributed by atoms with Gasteiger partial charge in [0.2, 0.25) is 0 Å². The number of hydrogen-bond donors (Lipinski definition) is 1. The first-order valence-corrected chi connectivity index (χ1v) is 5.18. The molecule has 0 fully saturated rings. The largest absolute Gasteiger partial charge is 0.328 e. The molecule has 0 saturated carbocycles. The van der Waals surface area contributed by atoms with E-state index < -0.39 is 0 Å². The number of aromatic amines is 1. The zero-order valence-electron chi connectivity index (χ0n) is 7.83. The van der Waals surface area contributed by atoms with Crippen LogP contribution in [0, 0.1) is 0 Å². The van der Waals surface area contributed by atoms with Crippen LogP contribution in [0.3, 0.4) is 0 Å². The first-order chi connectivity index (χ1) is 6.06. The monoisotopic (exact) mass is 200 g/mol. The smallest absolute Gasteiger partial charge is 0.297 e. The molecule has 0 unspecified atom stereocenters. The molecule has 1 aromatic rings. The topological polar surface area (TPSA) is 54.9 Å². The molecule has 0 amide bonds. The van der Waals surface area contributed by atoms with Gasteiger partial charge in [0.05, 0.1) is 4.90 Å². The Hall–Kier alpha value is -0.970. The van der Waals surface area contributed by atoms with Crippen LogP contribution >= 0.6 is 11.8 Å². The van der Waals surface area contributed by atoms with E-state index in [9.17, 15) is 9.59 Å². The van der Waals surface area contributed by atoms with Gasteiger partial charge in [-0.2, -0.15) is 0 Å². The quantitative estimate of drug-likeness (QED) is 0.720. The van der Waals surface area contributed by atoms with E-state index >= 15 is 0 Å². The van der Waals surface area contributed by atoms with Crippen LogP contribution in [0.5, 0.6) is 0 Å². The van der Waals surface area contributed by atoms with Crippen molar-refractivity contribution in [3.8, 4) is 0 Å². The summed E-state index contributed by atoms with van der Waals surface area (Å²) in [5.41, 5.74) is -0.660. The molecule has 1 heterocycles. The van der Waals surface area contributed by atoms with Gasteiger partial charge < -0.3 is 0 Å². The van der Waals surface area contributed by atoms with Crippen LogP contribution in [0.4, 0.5) is 0 Å². The van der Waals surface area contributed by atoms with E-state index in [2.05, 4.69) is 4.98 Å². The Morgan fingerprint density at radius 1 is 1.46 bits per heavy atom. The van der Waals surface area contributed by atoms with Gasteiger partial charge in [0.1, 0.15) is 0 Å². The fourth-order valence-corrected chi connectivity index (χ4v) is 1.45. The van der Waals surface area contributed by atoms with E-state index in [-0.39, 0.29) is 17.3 Å². The molecule has 0 aromatic carbocycles. The highest BCUT2D eigenvalue weighted by molar-refractivity contribution is 7.98. The molecule has 13 heavy (non-hydrogen) atoms. The highest BCUT2D eigenvalue weighted by Gasteiger charge is 2.05. The maximum absolute atomic E-state index is 11.2. The van der Waals surface area contributed by atoms with E-state index in [0.29, 0.717) is 4.90 Å². The molecule has 0 radical (unpaired) electrons. The number of aromatic nitrogens is 2. The second-order valence-corrected chi connectivity index (χ2v) is 3.81. The van der Waals surface area contributed by atoms with E-state index in [0.717, 1.165) is 0 Å². The van der Waals surface area contributed by atoms with Crippen LogP contribution in [-0.2, 0) is 0 Å². The van der Waals surface area contributed by atoms with Crippen molar-refractivity contribution in [2.24, 2.45) is 0 Å². The first-order valence-electron chi connectivity index (χ1n) is 3.95. The summed E-state index contributed by atoms with van der Waals surface area (Å²) in [6.07, 6.45) is 3.40. The zero-order chi connectivity index (χ0) is 10.0. The predicted octanol–water partition coefficient (Wildman–Crippen LogP) is 0.839. The molecular weight excluding hydrogens is 188 g/mol. The van der Waals surface area contributed by atoms with E-state index in [1.165, 1.54) is 16.3 Å². The van der Waals surface area contributed by atoms with Crippen LogP contribution in [0.1, 0.15) is 19.9 Å². The average molecular weight is 200 g/mol. The first kappa shape index (κ1) is 10.1. The van der Waals surface area contributed by atoms with Crippen molar-refractivity contribution < 1.29 is 0 Å². The Morgan fingerprint density at radius 2 is 2.08 bits per heavy atom. The normalized spacial score (nSPS) is 10.8. The van der Waals surface area contributed by atoms with Gasteiger partial charge in [-0.1, -0.05) is 0 Å². The van der Waals surface area contributed by atoms with Crippen molar-refractivity contribution in [1.82, 2.24) is 9.55 Å². The van der Waals surface area contributed by atoms with Gasteiger partial charge in [0, 0.05) is 12.2 Å². The minimum absolute atomic E-state index is 0.0650. The summed E-state index contributed by atoms with van der Waals surface area (Å²) in [6, 6.07) is 0.0650. The maximum atomic E-state index is 11.2. The third kappa shape index (κ3) is 2.03. The fraction of sp³-hybridized carbons (Fsp3) is 0.500. The Morgan fingerprint density at radius 3 is 2.54 bits per heavy atom. The van der Waals surface area contributed by atoms with Gasteiger partial charge in [0.25, 0.3) is 5.56 Å². The van der Waals surface area contributed by atoms with Gasteiger partial charge in [-0.05, 0) is 20.1 Å². The fourth-order valence-electron chi connectivity index (χ4n) is 0.996. The molecule has 72 valence electrons. The zero-order valence-corrected chi connectivity index (χ0v) is 8.64. The Kier molecular flexibility index (Phi) is 2.98. The van der Waals surface area contributed by atoms with Gasteiger partial charge in [0.15, 0.2) is 0 Å². The molecule has 0 aliphatic heterocycles. The summed E-state index contributed by atoms with van der Waals surface area (Å²) >= 11 is 1.33. The van der Waals surface area contributed by atoms with Crippen molar-refractivity contribution in [2.45, 2.75) is 24.8 Å². The van der Waals surface area contributed by atoms with Gasteiger partial charge in [-0.3, -0.25) is 14.3 Å². The summed E-state index contributed by atoms with van der Waals surface area (Å²) in [7, 11) is 0. The second kappa shape index (κ2) is 3.83. The molecule has 1 rings (SSSR count). The third-order valence-electron chi connectivity index (χ3n) is 1.71. The van der Waals surface area contributed by atoms with Crippen LogP contribution < -0.4 is 11.2 Å². The van der Waals surface area contributed by atoms with Crippen molar-refractivity contribution in [3.63, 3.8) is 0 Å². The lowest BCUT2D eigenvalue weighted by Crippen LogP contribution is -2.31. The predicted molar refractivity (Wildman–Crippen MR) is 53.5 cm³/mol. The summed E-state index contributed by atoms with van der Waals surface area (Å²) in [4.78, 5) is 25.2. The van der Waals surface area contributed by atoms with Crippen LogP contribution in [0.25, 0.3) is 0 Å². The number of rotatable bonds is 2. The van der Waals surface area contributed by atoms with Crippen molar-refractivity contribution in [2.75, 3.05) is 6.26 Å². The molecule has 0 atom stereocenters. The van der Waals surface area contributed by atoms with Crippen molar-refractivity contribution >= 4 is 11.8 Å². The number of thioether (sulfide) groups is 1. The molecule has 0 spiro atoms. The summed E-state index contributed by atoms with van der Waals surface area (Å²) in [5, 5.41) is 0. The minimum Gasteiger partial charge on any atom is -0.297 e. The number of nitrogens with zero attached hydrogens (tertiary/aromatic N) is 1. The molecule has 1 aromatic heterocycles. The van der Waals surface area contributed by atoms with Crippen LogP contribution in [0.15, 0.2) is 20.7 Å². The molecule has 0 aliphatic rings. The van der Waals surface area contributed by atoms with E-state index in [4.69, 9.17) is 0 Å². The molecule has 1 N–H and O–H groups in total. The standard InChI is InChI=1S/C8H12N2O2S/c1-5(2)10-4-6(13-3)7(11)9-8(10)12/h4-5H,1-3H3,(H,9,11,12). The number of nitrogens with one attached hydrogen (secondary N) is 1. The minimum atomic E-state index is -0.349. The second-order valence-electron chi connectivity index (χ2n) is 2.96. The highest BCUT2D eigenvalue weighted by Crippen LogP contribution is 2.08. The van der Waals surface area contributed by atoms with Crippen molar-refractivity contribution in [1.29, 1.82) is 0 Å². The lowest BCUT2D eigenvalue weighted by molar-refractivity contribution is 0.552. The van der Waals surface area contributed by atoms with E-state index in [1.54, 1.807) is 12.5 Å². The Labute approximate surface area is 80.0 Å². The van der Waals surface area contributed by atoms with Gasteiger partial charge in [-0.25, -0.2) is 4.79 Å². The lowest BCUT2D eigenvalue weighted by Gasteiger charge is -2.09. The third-order valence-corrected chi connectivity index (χ3v) is 2.44. The van der Waals surface area contributed by atoms with Crippen molar-refractivity contribution in [3.05, 3.63) is 27.0 Å². The molecule has 0 saturated heterocycles. The van der Waals surface area contributed by atoms with Crippen LogP contribution in [-0.4, -0.2) is 15.8 Å². The molecule has 0 aliphatic carbocycles. The lowest BCUT2D eigenvalue weighted by atomic mass is 10.4. The number of hydrogen-bond acceptors (Lipinski definition) is 3. The Balaban J connectivity index is 3.40. The summed E-state index contributed by atoms with van der Waals surface area (Å²) in [5.74, 6) is 0. The molecular formula is C8H12N2O2S. The average Bonchev–Trinajstić information content (AvgIpc) is 2.03. The molecule has 0 bridgehead atoms. The number of H-pyrrole nitrogens is 1. The highest BCUT2D eigenvalue weighted by atomic mass is 32.2. The van der Waals surface area contributed by atoms with Gasteiger partial charge >= 0.3 is 5.69 Å². The summed E-state index contributed by atoms with van der Waals surface area (Å²) in [6.45, 7) is 3.79. The van der Waals surface area contributed by atoms with Crippen LogP contribution in [0.2, 0.25) is 0 Å². The Bertz CT molecular complexity index is 405. The molecule has 4 nitrogen and oxygen atoms in total. The maximum Gasteiger partial charge on any atom is 0.328 e. The molecule has 5 heteroatoms.